The van der Waals surface area contributed by atoms with Gasteiger partial charge >= 0.3 is 0 Å². The number of hydrogen-bond donors (Lipinski definition) is 1. The first-order chi connectivity index (χ1) is 7.62. The number of nitrogens with one attached hydrogen (secondary N) is 1. The first kappa shape index (κ1) is 12.4. The third-order valence-electron chi connectivity index (χ3n) is 4.97. The Balaban J connectivity index is 1.74. The molecule has 0 atom stereocenters. The summed E-state index contributed by atoms with van der Waals surface area (Å²) in [5.74, 6) is 0.963. The summed E-state index contributed by atoms with van der Waals surface area (Å²) < 4.78 is 0. The maximum atomic E-state index is 3.82. The Bertz CT molecular complexity index is 213. The summed E-state index contributed by atoms with van der Waals surface area (Å²) >= 11 is 0. The van der Waals surface area contributed by atoms with Crippen molar-refractivity contribution < 1.29 is 0 Å². The van der Waals surface area contributed by atoms with Crippen LogP contribution in [0.1, 0.15) is 51.9 Å². The van der Waals surface area contributed by atoms with E-state index in [2.05, 4.69) is 31.2 Å². The van der Waals surface area contributed by atoms with E-state index >= 15 is 0 Å². The Hall–Kier alpha value is -0.0800. The summed E-state index contributed by atoms with van der Waals surface area (Å²) in [7, 11) is 4.48. The molecule has 2 saturated carbocycles. The first-order valence-corrected chi connectivity index (χ1v) is 7.03. The molecule has 0 amide bonds. The van der Waals surface area contributed by atoms with Crippen LogP contribution < -0.4 is 5.32 Å². The highest BCUT2D eigenvalue weighted by Crippen LogP contribution is 2.36. The average molecular weight is 224 g/mol. The van der Waals surface area contributed by atoms with Crippen LogP contribution in [0.5, 0.6) is 0 Å². The van der Waals surface area contributed by atoms with Gasteiger partial charge in [-0.3, -0.25) is 0 Å². The van der Waals surface area contributed by atoms with Gasteiger partial charge < -0.3 is 10.2 Å². The fourth-order valence-electron chi connectivity index (χ4n) is 3.17. The summed E-state index contributed by atoms with van der Waals surface area (Å²) in [6, 6.07) is 0.800. The average Bonchev–Trinajstić information content (AvgIpc) is 2.18. The molecule has 0 aromatic carbocycles. The molecule has 0 saturated heterocycles. The minimum atomic E-state index is 0.489. The monoisotopic (exact) mass is 224 g/mol. The molecule has 2 aliphatic carbocycles. The van der Waals surface area contributed by atoms with E-state index in [1.807, 2.05) is 0 Å². The maximum absolute atomic E-state index is 3.82. The van der Waals surface area contributed by atoms with Gasteiger partial charge in [-0.1, -0.05) is 6.92 Å². The van der Waals surface area contributed by atoms with Crippen LogP contribution in [0.15, 0.2) is 0 Å². The van der Waals surface area contributed by atoms with Gasteiger partial charge in [0.25, 0.3) is 0 Å². The molecule has 0 aromatic heterocycles. The van der Waals surface area contributed by atoms with Crippen molar-refractivity contribution in [2.24, 2.45) is 5.92 Å². The molecule has 16 heavy (non-hydrogen) atoms. The fourth-order valence-corrected chi connectivity index (χ4v) is 3.17. The van der Waals surface area contributed by atoms with Crippen molar-refractivity contribution in [3.8, 4) is 0 Å². The highest BCUT2D eigenvalue weighted by atomic mass is 15.2. The Kier molecular flexibility index (Phi) is 3.91. The van der Waals surface area contributed by atoms with Gasteiger partial charge in [-0.2, -0.15) is 0 Å². The van der Waals surface area contributed by atoms with E-state index in [9.17, 15) is 0 Å². The summed E-state index contributed by atoms with van der Waals surface area (Å²) in [6.45, 7) is 3.60. The topological polar surface area (TPSA) is 15.3 Å². The minimum absolute atomic E-state index is 0.489. The van der Waals surface area contributed by atoms with E-state index in [-0.39, 0.29) is 0 Å². The van der Waals surface area contributed by atoms with Crippen molar-refractivity contribution >= 4 is 0 Å². The van der Waals surface area contributed by atoms with Crippen molar-refractivity contribution in [1.82, 2.24) is 10.2 Å². The second kappa shape index (κ2) is 5.05. The standard InChI is InChI=1S/C14H28N2/c1-12-5-7-13(8-6-12)15-11-14(16(2)3)9-4-10-14/h12-13,15H,4-11H2,1-3H3. The lowest BCUT2D eigenvalue weighted by molar-refractivity contribution is 0.0549. The van der Waals surface area contributed by atoms with Crippen LogP contribution in [0.4, 0.5) is 0 Å². The lowest BCUT2D eigenvalue weighted by Gasteiger charge is -2.48. The van der Waals surface area contributed by atoms with Crippen molar-refractivity contribution in [3.05, 3.63) is 0 Å². The Labute approximate surface area is 101 Å². The summed E-state index contributed by atoms with van der Waals surface area (Å²) in [5, 5.41) is 3.82. The second-order valence-corrected chi connectivity index (χ2v) is 6.31. The molecule has 0 heterocycles. The molecule has 1 N–H and O–H groups in total. The van der Waals surface area contributed by atoms with E-state index in [1.165, 1.54) is 51.5 Å². The molecular weight excluding hydrogens is 196 g/mol. The van der Waals surface area contributed by atoms with Crippen LogP contribution in [-0.2, 0) is 0 Å². The number of nitrogens with zero attached hydrogens (tertiary/aromatic N) is 1. The Morgan fingerprint density at radius 2 is 1.75 bits per heavy atom. The van der Waals surface area contributed by atoms with E-state index in [1.54, 1.807) is 0 Å². The zero-order chi connectivity index (χ0) is 11.6. The minimum Gasteiger partial charge on any atom is -0.312 e. The molecular formula is C14H28N2. The van der Waals surface area contributed by atoms with Gasteiger partial charge in [0.15, 0.2) is 0 Å². The van der Waals surface area contributed by atoms with Crippen LogP contribution in [0.3, 0.4) is 0 Å². The third-order valence-corrected chi connectivity index (χ3v) is 4.97. The molecule has 0 aliphatic heterocycles. The SMILES string of the molecule is CC1CCC(NCC2(N(C)C)CCC2)CC1. The number of likely N-dealkylation sites (N-methyl/N-ethyl adjacent to an activating group) is 1. The number of rotatable bonds is 4. The summed E-state index contributed by atoms with van der Waals surface area (Å²) in [6.07, 6.45) is 9.82. The fraction of sp³-hybridized carbons (Fsp3) is 1.00. The molecule has 0 bridgehead atoms. The molecule has 2 fully saturated rings. The Morgan fingerprint density at radius 3 is 2.19 bits per heavy atom. The van der Waals surface area contributed by atoms with Crippen LogP contribution in [0.25, 0.3) is 0 Å². The van der Waals surface area contributed by atoms with Gasteiger partial charge in [0, 0.05) is 18.1 Å². The largest absolute Gasteiger partial charge is 0.312 e. The smallest absolute Gasteiger partial charge is 0.0328 e. The van der Waals surface area contributed by atoms with Crippen LogP contribution in [0.2, 0.25) is 0 Å². The van der Waals surface area contributed by atoms with Gasteiger partial charge in [-0.25, -0.2) is 0 Å². The highest BCUT2D eigenvalue weighted by Gasteiger charge is 2.39. The van der Waals surface area contributed by atoms with Crippen molar-refractivity contribution in [2.75, 3.05) is 20.6 Å². The van der Waals surface area contributed by atoms with E-state index < -0.39 is 0 Å². The normalized spacial score (nSPS) is 33.8. The zero-order valence-electron chi connectivity index (χ0n) is 11.3. The molecule has 2 rings (SSSR count). The van der Waals surface area contributed by atoms with Gasteiger partial charge in [0.05, 0.1) is 0 Å². The lowest BCUT2D eigenvalue weighted by Crippen LogP contribution is -2.57. The molecule has 0 aromatic rings. The Morgan fingerprint density at radius 1 is 1.12 bits per heavy atom. The molecule has 0 spiro atoms. The van der Waals surface area contributed by atoms with Gasteiger partial charge in [0.2, 0.25) is 0 Å². The molecule has 2 heteroatoms. The van der Waals surface area contributed by atoms with Gasteiger partial charge in [0.1, 0.15) is 0 Å². The van der Waals surface area contributed by atoms with Gasteiger partial charge in [-0.15, -0.1) is 0 Å². The van der Waals surface area contributed by atoms with Gasteiger partial charge in [-0.05, 0) is 65.0 Å². The van der Waals surface area contributed by atoms with E-state index in [0.29, 0.717) is 5.54 Å². The van der Waals surface area contributed by atoms with E-state index in [0.717, 1.165) is 12.0 Å². The van der Waals surface area contributed by atoms with E-state index in [4.69, 9.17) is 0 Å². The summed E-state index contributed by atoms with van der Waals surface area (Å²) in [4.78, 5) is 2.44. The second-order valence-electron chi connectivity index (χ2n) is 6.31. The predicted octanol–water partition coefficient (Wildman–Crippen LogP) is 2.64. The number of hydrogen-bond acceptors (Lipinski definition) is 2. The first-order valence-electron chi connectivity index (χ1n) is 7.03. The summed E-state index contributed by atoms with van der Waals surface area (Å²) in [5.41, 5.74) is 0.489. The zero-order valence-corrected chi connectivity index (χ0v) is 11.3. The highest BCUT2D eigenvalue weighted by molar-refractivity contribution is 4.98. The molecule has 2 nitrogen and oxygen atoms in total. The molecule has 0 unspecified atom stereocenters. The lowest BCUT2D eigenvalue weighted by atomic mass is 9.75. The van der Waals surface area contributed by atoms with Crippen molar-refractivity contribution in [2.45, 2.75) is 63.5 Å². The quantitative estimate of drug-likeness (QED) is 0.790. The van der Waals surface area contributed by atoms with Crippen molar-refractivity contribution in [1.29, 1.82) is 0 Å². The van der Waals surface area contributed by atoms with Crippen molar-refractivity contribution in [3.63, 3.8) is 0 Å². The van der Waals surface area contributed by atoms with Crippen LogP contribution in [0, 0.1) is 5.92 Å². The predicted molar refractivity (Wildman–Crippen MR) is 69.7 cm³/mol. The molecule has 2 aliphatic rings. The van der Waals surface area contributed by atoms with Crippen LogP contribution >= 0.6 is 0 Å². The third kappa shape index (κ3) is 2.60. The molecule has 94 valence electrons. The maximum Gasteiger partial charge on any atom is 0.0328 e. The molecule has 0 radical (unpaired) electrons. The van der Waals surface area contributed by atoms with Crippen LogP contribution in [-0.4, -0.2) is 37.1 Å².